The third kappa shape index (κ3) is 14.3. The molecule has 15 heteroatoms. The quantitative estimate of drug-likeness (QED) is 0.0543. The van der Waals surface area contributed by atoms with Crippen molar-refractivity contribution < 1.29 is 24.3 Å². The van der Waals surface area contributed by atoms with Crippen LogP contribution >= 0.6 is 0 Å². The monoisotopic (exact) mass is 500 g/mol. The Labute approximate surface area is 204 Å². The first-order valence-corrected chi connectivity index (χ1v) is 11.4. The highest BCUT2D eigenvalue weighted by Gasteiger charge is 2.31. The molecule has 4 atom stereocenters. The molecule has 0 aliphatic carbocycles. The van der Waals surface area contributed by atoms with Gasteiger partial charge in [0.05, 0.1) is 6.04 Å². The summed E-state index contributed by atoms with van der Waals surface area (Å²) in [6.07, 6.45) is 1.79. The number of nitrogens with one attached hydrogen (secondary N) is 3. The molecule has 0 saturated carbocycles. The molecular weight excluding hydrogens is 460 g/mol. The summed E-state index contributed by atoms with van der Waals surface area (Å²) in [6, 6.07) is -2.92. The van der Waals surface area contributed by atoms with E-state index in [1.807, 2.05) is 6.92 Å². The normalized spacial score (nSPS) is 13.9. The van der Waals surface area contributed by atoms with E-state index >= 15 is 0 Å². The third-order valence-electron chi connectivity index (χ3n) is 5.09. The number of amides is 3. The summed E-state index contributed by atoms with van der Waals surface area (Å²) in [6.45, 7) is 3.53. The van der Waals surface area contributed by atoms with E-state index in [4.69, 9.17) is 33.8 Å². The van der Waals surface area contributed by atoms with Crippen LogP contribution in [0.1, 0.15) is 46.0 Å². The highest BCUT2D eigenvalue weighted by molar-refractivity contribution is 5.93. The molecule has 0 radical (unpaired) electrons. The van der Waals surface area contributed by atoms with Gasteiger partial charge in [-0.15, -0.1) is 0 Å². The smallest absolute Gasteiger partial charge is 0.322 e. The second kappa shape index (κ2) is 16.9. The molecule has 35 heavy (non-hydrogen) atoms. The standard InChI is InChI=1S/C20H40N10O5/c1-3-11(2)15(30-16(33)12(21)6-4-8-26-19(22)23)18(35)29-13(7-5-9-27-20(24)25)17(34)28-10-14(31)32/h11-13,15H,3-10,21H2,1-2H3,(H,28,34)(H,29,35)(H,30,33)(H,31,32)(H4,22,23,26)(H4,24,25,27). The third-order valence-corrected chi connectivity index (χ3v) is 5.09. The Morgan fingerprint density at radius 3 is 1.89 bits per heavy atom. The van der Waals surface area contributed by atoms with Crippen LogP contribution < -0.4 is 44.6 Å². The summed E-state index contributed by atoms with van der Waals surface area (Å²) in [5, 5.41) is 16.3. The Hall–Kier alpha value is -3.62. The molecule has 0 saturated heterocycles. The molecular formula is C20H40N10O5. The highest BCUT2D eigenvalue weighted by Crippen LogP contribution is 2.10. The molecule has 0 rings (SSSR count). The average Bonchev–Trinajstić information content (AvgIpc) is 2.79. The molecule has 0 spiro atoms. The van der Waals surface area contributed by atoms with E-state index in [0.29, 0.717) is 32.2 Å². The fourth-order valence-corrected chi connectivity index (χ4v) is 2.93. The molecule has 0 aromatic heterocycles. The highest BCUT2D eigenvalue weighted by atomic mass is 16.4. The topological polar surface area (TPSA) is 279 Å². The number of aliphatic carboxylic acids is 1. The number of carboxylic acid groups (broad SMARTS) is 1. The fourth-order valence-electron chi connectivity index (χ4n) is 2.93. The zero-order valence-corrected chi connectivity index (χ0v) is 20.3. The van der Waals surface area contributed by atoms with E-state index in [9.17, 15) is 19.2 Å². The summed E-state index contributed by atoms with van der Waals surface area (Å²) in [5.41, 5.74) is 27.0. The Bertz CT molecular complexity index is 765. The van der Waals surface area contributed by atoms with Crippen LogP contribution in [0, 0.1) is 5.92 Å². The minimum Gasteiger partial charge on any atom is -0.480 e. The van der Waals surface area contributed by atoms with Crippen LogP contribution in [-0.2, 0) is 19.2 Å². The molecule has 0 aromatic rings. The summed E-state index contributed by atoms with van der Waals surface area (Å²) in [7, 11) is 0. The zero-order valence-electron chi connectivity index (χ0n) is 20.3. The average molecular weight is 501 g/mol. The summed E-state index contributed by atoms with van der Waals surface area (Å²) in [4.78, 5) is 56.6. The number of rotatable bonds is 17. The minimum absolute atomic E-state index is 0.0585. The summed E-state index contributed by atoms with van der Waals surface area (Å²) in [5.74, 6) is -3.50. The van der Waals surface area contributed by atoms with Crippen LogP contribution in [0.4, 0.5) is 0 Å². The number of hydrogen-bond donors (Lipinski definition) is 9. The van der Waals surface area contributed by atoms with E-state index in [0.717, 1.165) is 0 Å². The van der Waals surface area contributed by atoms with Gasteiger partial charge in [0.1, 0.15) is 18.6 Å². The van der Waals surface area contributed by atoms with E-state index in [1.54, 1.807) is 6.92 Å². The molecule has 15 nitrogen and oxygen atoms in total. The van der Waals surface area contributed by atoms with Crippen molar-refractivity contribution in [2.24, 2.45) is 44.6 Å². The first kappa shape index (κ1) is 31.4. The lowest BCUT2D eigenvalue weighted by Crippen LogP contribution is -2.57. The van der Waals surface area contributed by atoms with Crippen LogP contribution in [-0.4, -0.2) is 78.5 Å². The minimum atomic E-state index is -1.23. The molecule has 3 amide bonds. The van der Waals surface area contributed by atoms with Crippen molar-refractivity contribution in [3.8, 4) is 0 Å². The predicted octanol–water partition coefficient (Wildman–Crippen LogP) is -3.36. The number of carbonyl (C=O) groups excluding carboxylic acids is 3. The molecule has 200 valence electrons. The van der Waals surface area contributed by atoms with Crippen molar-refractivity contribution in [1.29, 1.82) is 0 Å². The fraction of sp³-hybridized carbons (Fsp3) is 0.700. The molecule has 0 aliphatic rings. The van der Waals surface area contributed by atoms with Gasteiger partial charge in [0.25, 0.3) is 0 Å². The number of hydrogen-bond acceptors (Lipinski definition) is 7. The molecule has 0 aliphatic heterocycles. The molecule has 0 aromatic carbocycles. The maximum absolute atomic E-state index is 13.1. The van der Waals surface area contributed by atoms with Crippen molar-refractivity contribution in [3.05, 3.63) is 0 Å². The lowest BCUT2D eigenvalue weighted by atomic mass is 9.97. The largest absolute Gasteiger partial charge is 0.480 e. The number of carboxylic acids is 1. The number of carbonyl (C=O) groups is 4. The summed E-state index contributed by atoms with van der Waals surface area (Å²) < 4.78 is 0. The Morgan fingerprint density at radius 1 is 0.857 bits per heavy atom. The first-order valence-electron chi connectivity index (χ1n) is 11.4. The molecule has 0 fully saturated rings. The van der Waals surface area contributed by atoms with Crippen molar-refractivity contribution in [3.63, 3.8) is 0 Å². The van der Waals surface area contributed by atoms with Gasteiger partial charge >= 0.3 is 5.97 Å². The van der Waals surface area contributed by atoms with Crippen molar-refractivity contribution in [2.75, 3.05) is 19.6 Å². The van der Waals surface area contributed by atoms with Crippen molar-refractivity contribution >= 4 is 35.6 Å². The number of nitrogens with two attached hydrogens (primary N) is 5. The van der Waals surface area contributed by atoms with Crippen LogP contribution in [0.15, 0.2) is 9.98 Å². The second-order valence-electron chi connectivity index (χ2n) is 8.05. The van der Waals surface area contributed by atoms with Gasteiger partial charge in [-0.2, -0.15) is 0 Å². The Balaban J connectivity index is 5.29. The predicted molar refractivity (Wildman–Crippen MR) is 132 cm³/mol. The van der Waals surface area contributed by atoms with Gasteiger partial charge in [-0.1, -0.05) is 20.3 Å². The van der Waals surface area contributed by atoms with Gasteiger partial charge in [0.15, 0.2) is 11.9 Å². The van der Waals surface area contributed by atoms with Gasteiger partial charge in [-0.05, 0) is 31.6 Å². The Morgan fingerprint density at radius 2 is 1.40 bits per heavy atom. The van der Waals surface area contributed by atoms with Gasteiger partial charge < -0.3 is 49.7 Å². The zero-order chi connectivity index (χ0) is 27.0. The molecule has 4 unspecified atom stereocenters. The molecule has 0 heterocycles. The van der Waals surface area contributed by atoms with Crippen molar-refractivity contribution in [2.45, 2.75) is 64.1 Å². The first-order chi connectivity index (χ1) is 16.4. The maximum Gasteiger partial charge on any atom is 0.322 e. The molecule has 14 N–H and O–H groups in total. The van der Waals surface area contributed by atoms with Gasteiger partial charge in [-0.3, -0.25) is 29.2 Å². The van der Waals surface area contributed by atoms with Crippen LogP contribution in [0.3, 0.4) is 0 Å². The van der Waals surface area contributed by atoms with Crippen LogP contribution in [0.25, 0.3) is 0 Å². The van der Waals surface area contributed by atoms with E-state index < -0.39 is 48.4 Å². The van der Waals surface area contributed by atoms with Crippen LogP contribution in [0.5, 0.6) is 0 Å². The van der Waals surface area contributed by atoms with Crippen molar-refractivity contribution in [1.82, 2.24) is 16.0 Å². The van der Waals surface area contributed by atoms with Gasteiger partial charge in [0.2, 0.25) is 17.7 Å². The van der Waals surface area contributed by atoms with E-state index in [2.05, 4.69) is 25.9 Å². The lowest BCUT2D eigenvalue weighted by molar-refractivity contribution is -0.138. The Kier molecular flexibility index (Phi) is 15.2. The summed E-state index contributed by atoms with van der Waals surface area (Å²) >= 11 is 0. The van der Waals surface area contributed by atoms with Gasteiger partial charge in [0, 0.05) is 13.1 Å². The number of aliphatic imine (C=N–C) groups is 2. The van der Waals surface area contributed by atoms with Crippen LogP contribution in [0.2, 0.25) is 0 Å². The molecule has 0 bridgehead atoms. The van der Waals surface area contributed by atoms with E-state index in [-0.39, 0.29) is 30.8 Å². The number of nitrogens with zero attached hydrogens (tertiary/aromatic N) is 2. The maximum atomic E-state index is 13.1. The lowest BCUT2D eigenvalue weighted by Gasteiger charge is -2.27. The van der Waals surface area contributed by atoms with E-state index in [1.165, 1.54) is 0 Å². The number of guanidine groups is 2. The van der Waals surface area contributed by atoms with Gasteiger partial charge in [-0.25, -0.2) is 0 Å². The SMILES string of the molecule is CCC(C)C(NC(=O)C(N)CCCN=C(N)N)C(=O)NC(CCCN=C(N)N)C(=O)NCC(=O)O. The second-order valence-corrected chi connectivity index (χ2v) is 8.05.